The molecule has 3 nitrogen and oxygen atoms in total. The van der Waals surface area contributed by atoms with E-state index >= 15 is 0 Å². The summed E-state index contributed by atoms with van der Waals surface area (Å²) in [7, 11) is 1.71. The summed E-state index contributed by atoms with van der Waals surface area (Å²) < 4.78 is 5.45. The molecule has 0 radical (unpaired) electrons. The van der Waals surface area contributed by atoms with E-state index in [2.05, 4.69) is 25.1 Å². The second-order valence-corrected chi connectivity index (χ2v) is 4.25. The molecule has 0 aliphatic heterocycles. The number of hydrogen-bond donors (Lipinski definition) is 1. The van der Waals surface area contributed by atoms with Gasteiger partial charge in [-0.3, -0.25) is 0 Å². The molecule has 82 valence electrons. The van der Waals surface area contributed by atoms with Crippen LogP contribution in [0, 0.1) is 6.92 Å². The largest absolute Gasteiger partial charge is 0.496 e. The fourth-order valence-electron chi connectivity index (χ4n) is 2.14. The number of rotatable bonds is 4. The molecular weight excluding hydrogens is 190 g/mol. The van der Waals surface area contributed by atoms with Crippen LogP contribution < -0.4 is 10.6 Å². The van der Waals surface area contributed by atoms with E-state index in [9.17, 15) is 0 Å². The topological polar surface area (TPSA) is 44.5 Å². The van der Waals surface area contributed by atoms with E-state index < -0.39 is 0 Å². The molecule has 0 atom stereocenters. The van der Waals surface area contributed by atoms with Gasteiger partial charge in [0, 0.05) is 11.0 Å². The van der Waals surface area contributed by atoms with Crippen molar-refractivity contribution in [3.8, 4) is 5.75 Å². The van der Waals surface area contributed by atoms with Crippen LogP contribution in [0.2, 0.25) is 0 Å². The second-order valence-electron chi connectivity index (χ2n) is 4.25. The molecule has 2 rings (SSSR count). The summed E-state index contributed by atoms with van der Waals surface area (Å²) >= 11 is 0. The third-order valence-electron chi connectivity index (χ3n) is 3.20. The maximum atomic E-state index is 5.45. The highest BCUT2D eigenvalue weighted by molar-refractivity contribution is 5.48. The quantitative estimate of drug-likeness (QED) is 0.767. The van der Waals surface area contributed by atoms with Crippen LogP contribution in [0.15, 0.2) is 18.2 Å². The average Bonchev–Trinajstić information content (AvgIpc) is 2.99. The lowest BCUT2D eigenvalue weighted by Crippen LogP contribution is -2.19. The van der Waals surface area contributed by atoms with Crippen molar-refractivity contribution in [3.05, 3.63) is 29.3 Å². The van der Waals surface area contributed by atoms with Gasteiger partial charge in [-0.05, 0) is 25.3 Å². The SMILES string of the molecule is COc1c(C)cccc1C1(CON)CC1. The molecule has 1 aromatic rings. The molecule has 1 fully saturated rings. The molecule has 0 bridgehead atoms. The Hall–Kier alpha value is -1.06. The Balaban J connectivity index is 2.39. The van der Waals surface area contributed by atoms with Crippen molar-refractivity contribution in [1.82, 2.24) is 0 Å². The lowest BCUT2D eigenvalue weighted by atomic mass is 9.94. The van der Waals surface area contributed by atoms with Gasteiger partial charge in [0.1, 0.15) is 5.75 Å². The van der Waals surface area contributed by atoms with Crippen molar-refractivity contribution in [1.29, 1.82) is 0 Å². The summed E-state index contributed by atoms with van der Waals surface area (Å²) in [4.78, 5) is 4.81. The lowest BCUT2D eigenvalue weighted by molar-refractivity contribution is 0.115. The molecular formula is C12H17NO2. The monoisotopic (exact) mass is 207 g/mol. The highest BCUT2D eigenvalue weighted by Crippen LogP contribution is 2.51. The van der Waals surface area contributed by atoms with Gasteiger partial charge < -0.3 is 9.57 Å². The van der Waals surface area contributed by atoms with Crippen molar-refractivity contribution in [3.63, 3.8) is 0 Å². The summed E-state index contributed by atoms with van der Waals surface area (Å²) in [5.74, 6) is 6.16. The highest BCUT2D eigenvalue weighted by Gasteiger charge is 2.46. The van der Waals surface area contributed by atoms with Crippen molar-refractivity contribution in [2.24, 2.45) is 5.90 Å². The Morgan fingerprint density at radius 3 is 2.67 bits per heavy atom. The van der Waals surface area contributed by atoms with Crippen LogP contribution in [0.5, 0.6) is 5.75 Å². The van der Waals surface area contributed by atoms with E-state index in [-0.39, 0.29) is 5.41 Å². The fraction of sp³-hybridized carbons (Fsp3) is 0.500. The van der Waals surface area contributed by atoms with Gasteiger partial charge >= 0.3 is 0 Å². The lowest BCUT2D eigenvalue weighted by Gasteiger charge is -2.18. The molecule has 1 aliphatic carbocycles. The first kappa shape index (κ1) is 10.5. The predicted octanol–water partition coefficient (Wildman–Crippen LogP) is 1.93. The van der Waals surface area contributed by atoms with Gasteiger partial charge in [0.15, 0.2) is 0 Å². The molecule has 1 saturated carbocycles. The minimum Gasteiger partial charge on any atom is -0.496 e. The third kappa shape index (κ3) is 1.73. The zero-order valence-electron chi connectivity index (χ0n) is 9.25. The summed E-state index contributed by atoms with van der Waals surface area (Å²) in [6.07, 6.45) is 2.26. The normalized spacial score (nSPS) is 17.5. The molecule has 0 amide bonds. The van der Waals surface area contributed by atoms with Gasteiger partial charge in [-0.2, -0.15) is 0 Å². The Labute approximate surface area is 90.1 Å². The van der Waals surface area contributed by atoms with E-state index in [1.807, 2.05) is 0 Å². The van der Waals surface area contributed by atoms with Crippen molar-refractivity contribution < 1.29 is 9.57 Å². The number of benzene rings is 1. The molecule has 0 aromatic heterocycles. The van der Waals surface area contributed by atoms with E-state index in [1.54, 1.807) is 7.11 Å². The van der Waals surface area contributed by atoms with E-state index in [4.69, 9.17) is 15.5 Å². The first-order valence-electron chi connectivity index (χ1n) is 5.19. The summed E-state index contributed by atoms with van der Waals surface area (Å²) in [6, 6.07) is 6.23. The average molecular weight is 207 g/mol. The number of aryl methyl sites for hydroxylation is 1. The third-order valence-corrected chi connectivity index (χ3v) is 3.20. The molecule has 0 saturated heterocycles. The molecule has 0 heterocycles. The second kappa shape index (κ2) is 3.83. The zero-order valence-corrected chi connectivity index (χ0v) is 9.25. The molecule has 1 aromatic carbocycles. The molecule has 0 unspecified atom stereocenters. The summed E-state index contributed by atoms with van der Waals surface area (Å²) in [5, 5.41) is 0. The van der Waals surface area contributed by atoms with Crippen LogP contribution >= 0.6 is 0 Å². The van der Waals surface area contributed by atoms with Gasteiger partial charge in [0.2, 0.25) is 0 Å². The molecule has 2 N–H and O–H groups in total. The minimum absolute atomic E-state index is 0.103. The van der Waals surface area contributed by atoms with Crippen molar-refractivity contribution >= 4 is 0 Å². The van der Waals surface area contributed by atoms with Crippen molar-refractivity contribution in [2.45, 2.75) is 25.2 Å². The van der Waals surface area contributed by atoms with Gasteiger partial charge in [-0.1, -0.05) is 18.2 Å². The minimum atomic E-state index is 0.103. The van der Waals surface area contributed by atoms with E-state index in [1.165, 1.54) is 11.1 Å². The maximum Gasteiger partial charge on any atom is 0.125 e. The van der Waals surface area contributed by atoms with Crippen LogP contribution in [0.25, 0.3) is 0 Å². The van der Waals surface area contributed by atoms with Crippen LogP contribution in [-0.4, -0.2) is 13.7 Å². The van der Waals surface area contributed by atoms with Gasteiger partial charge in [0.05, 0.1) is 13.7 Å². The Kier molecular flexibility index (Phi) is 2.67. The number of hydrogen-bond acceptors (Lipinski definition) is 3. The maximum absolute atomic E-state index is 5.45. The first-order valence-corrected chi connectivity index (χ1v) is 5.19. The Morgan fingerprint density at radius 2 is 2.13 bits per heavy atom. The fourth-order valence-corrected chi connectivity index (χ4v) is 2.14. The number of nitrogens with two attached hydrogens (primary N) is 1. The molecule has 0 spiro atoms. The van der Waals surface area contributed by atoms with Gasteiger partial charge in [-0.25, -0.2) is 5.90 Å². The number of ether oxygens (including phenoxy) is 1. The van der Waals surface area contributed by atoms with Crippen LogP contribution in [-0.2, 0) is 10.3 Å². The first-order chi connectivity index (χ1) is 7.23. The van der Waals surface area contributed by atoms with Gasteiger partial charge in [-0.15, -0.1) is 0 Å². The van der Waals surface area contributed by atoms with E-state index in [0.29, 0.717) is 6.61 Å². The van der Waals surface area contributed by atoms with Crippen LogP contribution in [0.4, 0.5) is 0 Å². The molecule has 15 heavy (non-hydrogen) atoms. The van der Waals surface area contributed by atoms with Crippen LogP contribution in [0.3, 0.4) is 0 Å². The number of methoxy groups -OCH3 is 1. The number of para-hydroxylation sites is 1. The molecule has 1 aliphatic rings. The highest BCUT2D eigenvalue weighted by atomic mass is 16.6. The smallest absolute Gasteiger partial charge is 0.125 e. The summed E-state index contributed by atoms with van der Waals surface area (Å²) in [5.41, 5.74) is 2.50. The summed E-state index contributed by atoms with van der Waals surface area (Å²) in [6.45, 7) is 2.63. The molecule has 3 heteroatoms. The zero-order chi connectivity index (χ0) is 10.9. The Morgan fingerprint density at radius 1 is 1.40 bits per heavy atom. The van der Waals surface area contributed by atoms with Crippen molar-refractivity contribution in [2.75, 3.05) is 13.7 Å². The van der Waals surface area contributed by atoms with E-state index in [0.717, 1.165) is 18.6 Å². The Bertz CT molecular complexity index is 359. The van der Waals surface area contributed by atoms with Crippen LogP contribution in [0.1, 0.15) is 24.0 Å². The standard InChI is InChI=1S/C12H17NO2/c1-9-4-3-5-10(11(9)14-2)12(6-7-12)8-15-13/h3-5H,6-8,13H2,1-2H3. The predicted molar refractivity (Wildman–Crippen MR) is 58.8 cm³/mol. The van der Waals surface area contributed by atoms with Gasteiger partial charge in [0.25, 0.3) is 0 Å².